The molecule has 1 saturated heterocycles. The molecule has 0 radical (unpaired) electrons. The fourth-order valence-electron chi connectivity index (χ4n) is 4.87. The summed E-state index contributed by atoms with van der Waals surface area (Å²) in [4.78, 5) is 9.73. The van der Waals surface area contributed by atoms with Crippen LogP contribution in [-0.4, -0.2) is 53.6 Å². The highest BCUT2D eigenvalue weighted by Crippen LogP contribution is 2.32. The van der Waals surface area contributed by atoms with Gasteiger partial charge in [-0.1, -0.05) is 41.9 Å². The number of piperidine rings is 1. The Hall–Kier alpha value is -2.47. The van der Waals surface area contributed by atoms with Gasteiger partial charge in [0.25, 0.3) is 0 Å². The number of hydrogen-bond acceptors (Lipinski definition) is 4. The van der Waals surface area contributed by atoms with E-state index >= 15 is 0 Å². The van der Waals surface area contributed by atoms with Gasteiger partial charge in [0, 0.05) is 30.4 Å². The summed E-state index contributed by atoms with van der Waals surface area (Å²) in [6, 6.07) is 21.4. The minimum absolute atomic E-state index is 0.0839. The Kier molecular flexibility index (Phi) is 9.13. The number of para-hydroxylation sites is 1. The molecule has 0 bridgehead atoms. The van der Waals surface area contributed by atoms with Crippen molar-refractivity contribution in [2.45, 2.75) is 38.8 Å². The number of halogens is 2. The first-order valence-electron chi connectivity index (χ1n) is 12.5. The molecule has 6 heteroatoms. The first-order chi connectivity index (χ1) is 17.0. The van der Waals surface area contributed by atoms with E-state index in [9.17, 15) is 4.39 Å². The van der Waals surface area contributed by atoms with Gasteiger partial charge in [-0.2, -0.15) is 0 Å². The predicted octanol–water partition coefficient (Wildman–Crippen LogP) is 6.46. The Bertz CT molecular complexity index is 1040. The van der Waals surface area contributed by atoms with Gasteiger partial charge in [0.05, 0.1) is 11.7 Å². The van der Waals surface area contributed by atoms with Crippen LogP contribution in [-0.2, 0) is 0 Å². The van der Waals surface area contributed by atoms with Gasteiger partial charge in [0.1, 0.15) is 6.61 Å². The van der Waals surface area contributed by atoms with Crippen molar-refractivity contribution in [3.05, 3.63) is 95.0 Å². The van der Waals surface area contributed by atoms with Crippen LogP contribution in [0.1, 0.15) is 44.0 Å². The van der Waals surface area contributed by atoms with Crippen molar-refractivity contribution >= 4 is 11.6 Å². The van der Waals surface area contributed by atoms with Gasteiger partial charge in [-0.05, 0) is 87.7 Å². The van der Waals surface area contributed by atoms with E-state index in [1.165, 1.54) is 11.6 Å². The summed E-state index contributed by atoms with van der Waals surface area (Å²) in [5, 5.41) is 0.746. The summed E-state index contributed by atoms with van der Waals surface area (Å²) in [5.41, 5.74) is 2.27. The first kappa shape index (κ1) is 25.6. The zero-order chi connectivity index (χ0) is 24.6. The summed E-state index contributed by atoms with van der Waals surface area (Å²) in [7, 11) is 0. The van der Waals surface area contributed by atoms with Crippen LogP contribution in [0.2, 0.25) is 5.02 Å². The van der Waals surface area contributed by atoms with Crippen LogP contribution in [0.4, 0.5) is 4.39 Å². The number of pyridine rings is 1. The highest BCUT2D eigenvalue weighted by molar-refractivity contribution is 6.30. The lowest BCUT2D eigenvalue weighted by Gasteiger charge is -2.40. The monoisotopic (exact) mass is 495 g/mol. The minimum Gasteiger partial charge on any atom is -0.489 e. The Balaban J connectivity index is 1.37. The molecule has 4 nitrogen and oxygen atoms in total. The van der Waals surface area contributed by atoms with Crippen LogP contribution in [0.3, 0.4) is 0 Å². The fraction of sp³-hybridized carbons (Fsp3) is 0.414. The van der Waals surface area contributed by atoms with Gasteiger partial charge in [-0.3, -0.25) is 14.8 Å². The molecule has 0 spiro atoms. The molecule has 1 aliphatic heterocycles. The van der Waals surface area contributed by atoms with Crippen LogP contribution in [0.15, 0.2) is 72.9 Å². The molecule has 1 atom stereocenters. The van der Waals surface area contributed by atoms with Gasteiger partial charge < -0.3 is 4.74 Å². The summed E-state index contributed by atoms with van der Waals surface area (Å²) in [5.74, 6) is 0.639. The van der Waals surface area contributed by atoms with E-state index in [1.54, 1.807) is 18.2 Å². The zero-order valence-corrected chi connectivity index (χ0v) is 21.4. The van der Waals surface area contributed by atoms with Crippen molar-refractivity contribution in [3.63, 3.8) is 0 Å². The van der Waals surface area contributed by atoms with Crippen molar-refractivity contribution < 1.29 is 9.13 Å². The van der Waals surface area contributed by atoms with Gasteiger partial charge in [-0.25, -0.2) is 4.39 Å². The number of nitrogens with zero attached hydrogens (tertiary/aromatic N) is 3. The lowest BCUT2D eigenvalue weighted by atomic mass is 9.93. The normalized spacial score (nSPS) is 16.1. The molecule has 4 rings (SSSR count). The Morgan fingerprint density at radius 2 is 1.74 bits per heavy atom. The summed E-state index contributed by atoms with van der Waals surface area (Å²) >= 11 is 6.19. The number of hydrogen-bond donors (Lipinski definition) is 0. The van der Waals surface area contributed by atoms with Crippen LogP contribution < -0.4 is 4.74 Å². The fourth-order valence-corrected chi connectivity index (χ4v) is 4.99. The van der Waals surface area contributed by atoms with Gasteiger partial charge >= 0.3 is 0 Å². The van der Waals surface area contributed by atoms with Crippen molar-refractivity contribution in [2.75, 3.05) is 32.8 Å². The van der Waals surface area contributed by atoms with Crippen molar-refractivity contribution in [2.24, 2.45) is 5.92 Å². The van der Waals surface area contributed by atoms with Crippen LogP contribution in [0.5, 0.6) is 5.75 Å². The second kappa shape index (κ2) is 12.5. The van der Waals surface area contributed by atoms with E-state index in [-0.39, 0.29) is 11.9 Å². The number of ether oxygens (including phenoxy) is 1. The third-order valence-electron chi connectivity index (χ3n) is 6.83. The van der Waals surface area contributed by atoms with Crippen molar-refractivity contribution in [1.29, 1.82) is 0 Å². The van der Waals surface area contributed by atoms with Crippen LogP contribution in [0.25, 0.3) is 0 Å². The topological polar surface area (TPSA) is 28.6 Å². The number of rotatable bonds is 10. The standard InChI is InChI=1S/C29H35ClFN3O/c1-22(2)34(29(27-8-5-6-16-32-27)24-10-12-25(30)13-11-24)21-23-14-17-33(18-15-23)19-20-35-28-9-4-3-7-26(28)31/h3-13,16,22-23,29H,14-15,17-21H2,1-2H3/t29-/m1/s1. The molecule has 2 heterocycles. The molecule has 1 aliphatic rings. The maximum absolute atomic E-state index is 13.8. The average Bonchev–Trinajstić information content (AvgIpc) is 2.87. The second-order valence-corrected chi connectivity index (χ2v) is 10.00. The van der Waals surface area contributed by atoms with E-state index in [4.69, 9.17) is 21.3 Å². The SMILES string of the molecule is CC(C)N(CC1CCN(CCOc2ccccc2F)CC1)[C@H](c1ccc(Cl)cc1)c1ccccn1. The molecule has 186 valence electrons. The molecule has 2 aromatic carbocycles. The number of benzene rings is 2. The smallest absolute Gasteiger partial charge is 0.165 e. The Morgan fingerprint density at radius 3 is 2.40 bits per heavy atom. The maximum atomic E-state index is 13.8. The maximum Gasteiger partial charge on any atom is 0.165 e. The quantitative estimate of drug-likeness (QED) is 0.322. The van der Waals surface area contributed by atoms with E-state index in [1.807, 2.05) is 24.4 Å². The number of aromatic nitrogens is 1. The highest BCUT2D eigenvalue weighted by Gasteiger charge is 2.29. The molecular weight excluding hydrogens is 461 g/mol. The molecule has 0 amide bonds. The molecule has 0 unspecified atom stereocenters. The van der Waals surface area contributed by atoms with Gasteiger partial charge in [0.15, 0.2) is 11.6 Å². The third-order valence-corrected chi connectivity index (χ3v) is 7.08. The van der Waals surface area contributed by atoms with E-state index < -0.39 is 0 Å². The zero-order valence-electron chi connectivity index (χ0n) is 20.6. The lowest BCUT2D eigenvalue weighted by molar-refractivity contribution is 0.0979. The molecule has 35 heavy (non-hydrogen) atoms. The number of likely N-dealkylation sites (tertiary alicyclic amines) is 1. The summed E-state index contributed by atoms with van der Waals surface area (Å²) in [6.07, 6.45) is 4.15. The Morgan fingerprint density at radius 1 is 1.03 bits per heavy atom. The average molecular weight is 496 g/mol. The molecule has 0 N–H and O–H groups in total. The van der Waals surface area contributed by atoms with Crippen LogP contribution >= 0.6 is 11.6 Å². The van der Waals surface area contributed by atoms with Gasteiger partial charge in [-0.15, -0.1) is 0 Å². The predicted molar refractivity (Wildman–Crippen MR) is 140 cm³/mol. The summed E-state index contributed by atoms with van der Waals surface area (Å²) < 4.78 is 19.4. The lowest BCUT2D eigenvalue weighted by Crippen LogP contribution is -2.43. The molecule has 0 saturated carbocycles. The van der Waals surface area contributed by atoms with E-state index in [0.29, 0.717) is 24.3 Å². The molecule has 1 fully saturated rings. The molecule has 3 aromatic rings. The van der Waals surface area contributed by atoms with Crippen molar-refractivity contribution in [1.82, 2.24) is 14.8 Å². The highest BCUT2D eigenvalue weighted by atomic mass is 35.5. The van der Waals surface area contributed by atoms with Gasteiger partial charge in [0.2, 0.25) is 0 Å². The van der Waals surface area contributed by atoms with Crippen LogP contribution in [0, 0.1) is 11.7 Å². The first-order valence-corrected chi connectivity index (χ1v) is 12.9. The van der Waals surface area contributed by atoms with E-state index in [0.717, 1.165) is 49.7 Å². The summed E-state index contributed by atoms with van der Waals surface area (Å²) in [6.45, 7) is 8.93. The molecule has 1 aromatic heterocycles. The molecule has 0 aliphatic carbocycles. The molecular formula is C29H35ClFN3O. The van der Waals surface area contributed by atoms with E-state index in [2.05, 4.69) is 47.9 Å². The minimum atomic E-state index is -0.303. The second-order valence-electron chi connectivity index (χ2n) is 9.56. The third kappa shape index (κ3) is 7.03. The van der Waals surface area contributed by atoms with Crippen molar-refractivity contribution in [3.8, 4) is 5.75 Å². The largest absolute Gasteiger partial charge is 0.489 e. The Labute approximate surface area is 213 Å².